The number of anilines is 6. The first kappa shape index (κ1) is 30.2. The first-order valence-electron chi connectivity index (χ1n) is 15.2. The fourth-order valence-corrected chi connectivity index (χ4v) is 5.23. The van der Waals surface area contributed by atoms with Crippen LogP contribution in [-0.2, 0) is 0 Å². The van der Waals surface area contributed by atoms with E-state index in [1.54, 1.807) is 14.2 Å². The van der Waals surface area contributed by atoms with Crippen molar-refractivity contribution in [1.82, 2.24) is 0 Å². The third kappa shape index (κ3) is 7.25. The lowest BCUT2D eigenvalue weighted by molar-refractivity contribution is 0.217. The molecule has 6 rings (SSSR count). The molecule has 0 aliphatic carbocycles. The van der Waals surface area contributed by atoms with E-state index < -0.39 is 0 Å². The largest absolute Gasteiger partial charge is 0.497 e. The molecule has 0 aliphatic rings. The number of hydrogen-bond acceptors (Lipinski definition) is 6. The van der Waals surface area contributed by atoms with E-state index in [4.69, 9.17) is 18.9 Å². The zero-order chi connectivity index (χ0) is 31.6. The summed E-state index contributed by atoms with van der Waals surface area (Å²) in [5.74, 6) is 3.16. The molecule has 0 N–H and O–H groups in total. The van der Waals surface area contributed by atoms with E-state index in [0.717, 1.165) is 57.1 Å². The summed E-state index contributed by atoms with van der Waals surface area (Å²) in [7, 11) is 3.34. The highest BCUT2D eigenvalue weighted by Crippen LogP contribution is 2.37. The van der Waals surface area contributed by atoms with Crippen LogP contribution >= 0.6 is 0 Å². The zero-order valence-electron chi connectivity index (χ0n) is 26.0. The molecule has 0 spiro atoms. The molecule has 0 fully saturated rings. The van der Waals surface area contributed by atoms with Crippen molar-refractivity contribution in [2.45, 2.75) is 0 Å². The Labute approximate surface area is 270 Å². The van der Waals surface area contributed by atoms with E-state index in [1.165, 1.54) is 0 Å². The molecular weight excluding hydrogens is 572 g/mol. The van der Waals surface area contributed by atoms with E-state index in [2.05, 4.69) is 58.3 Å². The third-order valence-electron chi connectivity index (χ3n) is 7.48. The Morgan fingerprint density at radius 1 is 0.348 bits per heavy atom. The van der Waals surface area contributed by atoms with Crippen molar-refractivity contribution >= 4 is 34.1 Å². The molecule has 0 atom stereocenters. The summed E-state index contributed by atoms with van der Waals surface area (Å²) in [5.41, 5.74) is 6.19. The second-order valence-corrected chi connectivity index (χ2v) is 10.4. The summed E-state index contributed by atoms with van der Waals surface area (Å²) in [4.78, 5) is 4.39. The summed E-state index contributed by atoms with van der Waals surface area (Å²) in [5, 5.41) is 0. The molecule has 46 heavy (non-hydrogen) atoms. The van der Waals surface area contributed by atoms with Gasteiger partial charge in [-0.15, -0.1) is 0 Å². The maximum Gasteiger partial charge on any atom is 0.122 e. The van der Waals surface area contributed by atoms with Crippen molar-refractivity contribution in [3.05, 3.63) is 158 Å². The van der Waals surface area contributed by atoms with Crippen molar-refractivity contribution in [2.24, 2.45) is 0 Å². The fraction of sp³-hybridized carbons (Fsp3) is 0.100. The van der Waals surface area contributed by atoms with Crippen molar-refractivity contribution in [1.29, 1.82) is 0 Å². The Balaban J connectivity index is 1.12. The average Bonchev–Trinajstić information content (AvgIpc) is 3.13. The summed E-state index contributed by atoms with van der Waals surface area (Å²) in [6.07, 6.45) is 0. The Morgan fingerprint density at radius 2 is 0.717 bits per heavy atom. The highest BCUT2D eigenvalue weighted by atomic mass is 16.5. The lowest BCUT2D eigenvalue weighted by Crippen LogP contribution is -2.12. The second-order valence-electron chi connectivity index (χ2n) is 10.4. The van der Waals surface area contributed by atoms with Crippen molar-refractivity contribution in [3.63, 3.8) is 0 Å². The van der Waals surface area contributed by atoms with E-state index in [0.29, 0.717) is 13.2 Å². The zero-order valence-corrected chi connectivity index (χ0v) is 26.0. The quantitative estimate of drug-likeness (QED) is 0.122. The summed E-state index contributed by atoms with van der Waals surface area (Å²) in [6, 6.07) is 52.8. The second kappa shape index (κ2) is 14.7. The Kier molecular flexibility index (Phi) is 9.66. The number of ether oxygens (including phenoxy) is 4. The van der Waals surface area contributed by atoms with Gasteiger partial charge in [-0.1, -0.05) is 42.5 Å². The van der Waals surface area contributed by atoms with E-state index in [9.17, 15) is 0 Å². The van der Waals surface area contributed by atoms with Gasteiger partial charge in [-0.3, -0.25) is 0 Å². The van der Waals surface area contributed by atoms with Gasteiger partial charge in [0.25, 0.3) is 0 Å². The van der Waals surface area contributed by atoms with Gasteiger partial charge < -0.3 is 28.7 Å². The third-order valence-corrected chi connectivity index (χ3v) is 7.48. The van der Waals surface area contributed by atoms with Crippen LogP contribution in [0.15, 0.2) is 158 Å². The smallest absolute Gasteiger partial charge is 0.122 e. The first-order valence-corrected chi connectivity index (χ1v) is 15.2. The molecule has 0 amide bonds. The molecule has 0 saturated heterocycles. The van der Waals surface area contributed by atoms with E-state index in [-0.39, 0.29) is 0 Å². The number of hydrogen-bond donors (Lipinski definition) is 0. The molecule has 0 radical (unpaired) electrons. The molecule has 0 bridgehead atoms. The molecule has 0 aromatic heterocycles. The van der Waals surface area contributed by atoms with Gasteiger partial charge in [0, 0.05) is 40.2 Å². The van der Waals surface area contributed by atoms with Crippen LogP contribution in [0.2, 0.25) is 0 Å². The summed E-state index contributed by atoms with van der Waals surface area (Å²) in [6.45, 7) is 0.817. The van der Waals surface area contributed by atoms with Crippen LogP contribution in [0, 0.1) is 0 Å². The minimum atomic E-state index is 0.408. The maximum atomic E-state index is 6.13. The molecule has 6 aromatic carbocycles. The summed E-state index contributed by atoms with van der Waals surface area (Å²) < 4.78 is 22.9. The monoisotopic (exact) mass is 608 g/mol. The van der Waals surface area contributed by atoms with Gasteiger partial charge in [0.2, 0.25) is 0 Å². The Morgan fingerprint density at radius 3 is 1.17 bits per heavy atom. The van der Waals surface area contributed by atoms with Crippen molar-refractivity contribution < 1.29 is 18.9 Å². The van der Waals surface area contributed by atoms with Gasteiger partial charge in [0.15, 0.2) is 0 Å². The molecule has 0 saturated carbocycles. The van der Waals surface area contributed by atoms with Gasteiger partial charge in [0.05, 0.1) is 14.2 Å². The maximum absolute atomic E-state index is 6.13. The van der Waals surface area contributed by atoms with Crippen LogP contribution in [0.25, 0.3) is 0 Å². The van der Waals surface area contributed by atoms with Gasteiger partial charge in [0.1, 0.15) is 36.2 Å². The normalized spacial score (nSPS) is 10.6. The highest BCUT2D eigenvalue weighted by molar-refractivity contribution is 5.78. The number of methoxy groups -OCH3 is 2. The average molecular weight is 609 g/mol. The van der Waals surface area contributed by atoms with Crippen LogP contribution in [0.4, 0.5) is 34.1 Å². The fourth-order valence-electron chi connectivity index (χ4n) is 5.23. The number of nitrogens with zero attached hydrogens (tertiary/aromatic N) is 2. The first-order chi connectivity index (χ1) is 22.7. The summed E-state index contributed by atoms with van der Waals surface area (Å²) >= 11 is 0. The molecule has 6 aromatic rings. The van der Waals surface area contributed by atoms with Gasteiger partial charge in [-0.05, 0) is 109 Å². The van der Waals surface area contributed by atoms with Gasteiger partial charge in [-0.2, -0.15) is 0 Å². The Bertz CT molecular complexity index is 1710. The van der Waals surface area contributed by atoms with Gasteiger partial charge in [-0.25, -0.2) is 0 Å². The molecule has 6 nitrogen and oxygen atoms in total. The van der Waals surface area contributed by atoms with Crippen LogP contribution in [-0.4, -0.2) is 27.4 Å². The predicted molar refractivity (Wildman–Crippen MR) is 186 cm³/mol. The van der Waals surface area contributed by atoms with Crippen LogP contribution in [0.3, 0.4) is 0 Å². The van der Waals surface area contributed by atoms with Crippen molar-refractivity contribution in [2.75, 3.05) is 37.2 Å². The van der Waals surface area contributed by atoms with E-state index >= 15 is 0 Å². The topological polar surface area (TPSA) is 43.4 Å². The molecule has 6 heteroatoms. The molecule has 0 aliphatic heterocycles. The molecule has 0 unspecified atom stereocenters. The SMILES string of the molecule is COc1ccc(N(c2ccc(OC)cc2)c2ccc(OCCOc3cccc(N(c4ccccc4)c4ccccc4)c3)cc2)cc1. The molecular formula is C40H36N2O4. The minimum Gasteiger partial charge on any atom is -0.497 e. The molecule has 0 heterocycles. The van der Waals surface area contributed by atoms with Crippen LogP contribution in [0.5, 0.6) is 23.0 Å². The number of benzene rings is 6. The van der Waals surface area contributed by atoms with E-state index in [1.807, 2.05) is 109 Å². The standard InChI is InChI=1S/C40H36N2O4/c1-43-37-22-16-33(17-23-37)41(34-18-24-38(44-2)25-19-34)35-20-26-39(27-21-35)45-28-29-46-40-15-9-14-36(30-40)42(31-10-5-3-6-11-31)32-12-7-4-8-13-32/h3-27,30H,28-29H2,1-2H3. The lowest BCUT2D eigenvalue weighted by atomic mass is 10.2. The Hall–Kier alpha value is -5.88. The molecule has 230 valence electrons. The highest BCUT2D eigenvalue weighted by Gasteiger charge is 2.14. The number of rotatable bonds is 13. The van der Waals surface area contributed by atoms with Gasteiger partial charge >= 0.3 is 0 Å². The minimum absolute atomic E-state index is 0.408. The number of para-hydroxylation sites is 2. The lowest BCUT2D eigenvalue weighted by Gasteiger charge is -2.26. The predicted octanol–water partition coefficient (Wildman–Crippen LogP) is 10.1. The van der Waals surface area contributed by atoms with Crippen LogP contribution < -0.4 is 28.7 Å². The van der Waals surface area contributed by atoms with Crippen LogP contribution in [0.1, 0.15) is 0 Å². The van der Waals surface area contributed by atoms with Crippen molar-refractivity contribution in [3.8, 4) is 23.0 Å².